The van der Waals surface area contributed by atoms with Gasteiger partial charge in [-0.25, -0.2) is 13.5 Å². The van der Waals surface area contributed by atoms with E-state index in [1.54, 1.807) is 0 Å². The zero-order valence-electron chi connectivity index (χ0n) is 16.8. The van der Waals surface area contributed by atoms with Gasteiger partial charge in [-0.15, -0.1) is 0 Å². The first-order valence-electron chi connectivity index (χ1n) is 10.9. The molecule has 0 amide bonds. The summed E-state index contributed by atoms with van der Waals surface area (Å²) in [5.41, 5.74) is 4.28. The van der Waals surface area contributed by atoms with Gasteiger partial charge in [-0.3, -0.25) is 0 Å². The summed E-state index contributed by atoms with van der Waals surface area (Å²) in [7, 11) is 0. The van der Waals surface area contributed by atoms with Crippen LogP contribution in [0.1, 0.15) is 82.0 Å². The van der Waals surface area contributed by atoms with Crippen LogP contribution in [-0.4, -0.2) is 27.4 Å². The third-order valence-corrected chi connectivity index (χ3v) is 7.20. The first kappa shape index (κ1) is 19.8. The average Bonchev–Trinajstić information content (AvgIpc) is 3.11. The molecule has 1 aromatic rings. The number of aliphatic hydroxyl groups excluding tert-OH is 1. The van der Waals surface area contributed by atoms with Crippen molar-refractivity contribution in [2.75, 3.05) is 6.61 Å². The highest BCUT2D eigenvalue weighted by atomic mass is 19.3. The number of aliphatic hydroxyl groups is 1. The van der Waals surface area contributed by atoms with Crippen LogP contribution < -0.4 is 0 Å². The molecule has 3 unspecified atom stereocenters. The third-order valence-electron chi connectivity index (χ3n) is 7.20. The summed E-state index contributed by atoms with van der Waals surface area (Å²) < 4.78 is 29.2. The van der Waals surface area contributed by atoms with Crippen molar-refractivity contribution in [1.82, 2.24) is 9.78 Å². The van der Waals surface area contributed by atoms with E-state index in [2.05, 4.69) is 30.3 Å². The van der Waals surface area contributed by atoms with Crippen LogP contribution in [0.2, 0.25) is 0 Å². The van der Waals surface area contributed by atoms with E-state index < -0.39 is 5.92 Å². The van der Waals surface area contributed by atoms with Crippen LogP contribution in [0.5, 0.6) is 0 Å². The highest BCUT2D eigenvalue weighted by molar-refractivity contribution is 5.73. The van der Waals surface area contributed by atoms with Gasteiger partial charge >= 0.3 is 0 Å². The van der Waals surface area contributed by atoms with Crippen molar-refractivity contribution in [3.63, 3.8) is 0 Å². The van der Waals surface area contributed by atoms with E-state index in [1.165, 1.54) is 18.5 Å². The van der Waals surface area contributed by atoms with Crippen LogP contribution in [0.15, 0.2) is 18.7 Å². The van der Waals surface area contributed by atoms with E-state index >= 15 is 0 Å². The zero-order valence-corrected chi connectivity index (χ0v) is 16.8. The van der Waals surface area contributed by atoms with E-state index in [1.807, 2.05) is 0 Å². The number of fused-ring (bicyclic) bond motifs is 1. The lowest BCUT2D eigenvalue weighted by Gasteiger charge is -2.36. The molecule has 0 aromatic carbocycles. The van der Waals surface area contributed by atoms with Gasteiger partial charge in [-0.1, -0.05) is 32.4 Å². The van der Waals surface area contributed by atoms with Gasteiger partial charge in [0.15, 0.2) is 0 Å². The van der Waals surface area contributed by atoms with Crippen LogP contribution in [0.25, 0.3) is 11.3 Å². The Hall–Kier alpha value is -1.49. The molecule has 0 spiro atoms. The van der Waals surface area contributed by atoms with E-state index in [-0.39, 0.29) is 31.3 Å². The molecule has 0 bridgehead atoms. The lowest BCUT2D eigenvalue weighted by molar-refractivity contribution is -0.0385. The topological polar surface area (TPSA) is 38.0 Å². The van der Waals surface area contributed by atoms with Crippen LogP contribution in [-0.2, 0) is 0 Å². The molecule has 2 fully saturated rings. The molecule has 2 saturated carbocycles. The molecule has 0 radical (unpaired) electrons. The molecule has 2 aliphatic carbocycles. The summed E-state index contributed by atoms with van der Waals surface area (Å²) in [6.45, 7) is 6.68. The van der Waals surface area contributed by atoms with Crippen LogP contribution in [0.4, 0.5) is 8.78 Å². The van der Waals surface area contributed by atoms with Gasteiger partial charge in [0.05, 0.1) is 11.4 Å². The summed E-state index contributed by atoms with van der Waals surface area (Å²) in [5, 5.41) is 14.5. The Morgan fingerprint density at radius 3 is 2.64 bits per heavy atom. The summed E-state index contributed by atoms with van der Waals surface area (Å²) in [6.07, 6.45) is 8.76. The third kappa shape index (κ3) is 3.70. The fourth-order valence-corrected chi connectivity index (χ4v) is 5.41. The Kier molecular flexibility index (Phi) is 5.47. The lowest BCUT2D eigenvalue weighted by atomic mass is 9.74. The molecule has 3 aliphatic rings. The minimum absolute atomic E-state index is 0.0406. The van der Waals surface area contributed by atoms with Gasteiger partial charge in [0.1, 0.15) is 0 Å². The predicted molar refractivity (Wildman–Crippen MR) is 108 cm³/mol. The van der Waals surface area contributed by atoms with E-state index in [9.17, 15) is 13.9 Å². The second kappa shape index (κ2) is 7.74. The highest BCUT2D eigenvalue weighted by Gasteiger charge is 2.38. The van der Waals surface area contributed by atoms with E-state index in [4.69, 9.17) is 5.10 Å². The van der Waals surface area contributed by atoms with E-state index in [0.717, 1.165) is 36.2 Å². The number of nitrogens with zero attached hydrogens (tertiary/aromatic N) is 2. The van der Waals surface area contributed by atoms with Gasteiger partial charge in [0.2, 0.25) is 5.92 Å². The van der Waals surface area contributed by atoms with Crippen molar-refractivity contribution in [1.29, 1.82) is 0 Å². The van der Waals surface area contributed by atoms with Gasteiger partial charge in [0, 0.05) is 42.9 Å². The average molecular weight is 391 g/mol. The first-order valence-corrected chi connectivity index (χ1v) is 10.9. The van der Waals surface area contributed by atoms with E-state index in [0.29, 0.717) is 24.7 Å². The second-order valence-electron chi connectivity index (χ2n) is 9.07. The summed E-state index contributed by atoms with van der Waals surface area (Å²) in [6, 6.07) is 2.10. The van der Waals surface area contributed by atoms with Gasteiger partial charge < -0.3 is 5.11 Å². The molecule has 4 rings (SSSR count). The number of hydrogen-bond donors (Lipinski definition) is 1. The smallest absolute Gasteiger partial charge is 0.248 e. The minimum Gasteiger partial charge on any atom is -0.396 e. The molecule has 1 aliphatic heterocycles. The Morgan fingerprint density at radius 2 is 1.93 bits per heavy atom. The summed E-state index contributed by atoms with van der Waals surface area (Å²) >= 11 is 0. The number of hydrogen-bond acceptors (Lipinski definition) is 2. The Labute approximate surface area is 166 Å². The Balaban J connectivity index is 1.65. The molecular weight excluding hydrogens is 358 g/mol. The zero-order chi connectivity index (χ0) is 19.9. The quantitative estimate of drug-likeness (QED) is 0.698. The SMILES string of the molecule is C=C1c2cc(C3CCC(F)(F)CC3)nn2C(C2CCCCC2CCO)=CC1C. The standard InChI is InChI=1S/C23H32F2N2O/c1-15-13-22(19-6-4-3-5-17(19)9-12-28)27-21(16(15)2)14-20(26-27)18-7-10-23(24,25)11-8-18/h13-15,17-19,28H,2-12H2,1H3. The molecule has 3 atom stereocenters. The molecule has 1 aromatic heterocycles. The minimum atomic E-state index is -2.52. The number of allylic oxidation sites excluding steroid dienone is 3. The summed E-state index contributed by atoms with van der Waals surface area (Å²) in [5.74, 6) is -1.27. The maximum atomic E-state index is 13.6. The van der Waals surface area contributed by atoms with Gasteiger partial charge in [-0.05, 0) is 49.7 Å². The molecule has 2 heterocycles. The van der Waals surface area contributed by atoms with Crippen molar-refractivity contribution in [2.45, 2.75) is 76.6 Å². The number of rotatable bonds is 4. The molecule has 154 valence electrons. The Morgan fingerprint density at radius 1 is 1.21 bits per heavy atom. The summed E-state index contributed by atoms with van der Waals surface area (Å²) in [4.78, 5) is 0. The fourth-order valence-electron chi connectivity index (χ4n) is 5.41. The largest absolute Gasteiger partial charge is 0.396 e. The first-order chi connectivity index (χ1) is 13.4. The molecular formula is C23H32F2N2O. The normalized spacial score (nSPS) is 30.8. The molecule has 1 N–H and O–H groups in total. The maximum Gasteiger partial charge on any atom is 0.248 e. The molecule has 28 heavy (non-hydrogen) atoms. The maximum absolute atomic E-state index is 13.6. The second-order valence-corrected chi connectivity index (χ2v) is 9.07. The molecule has 3 nitrogen and oxygen atoms in total. The van der Waals surface area contributed by atoms with Crippen LogP contribution in [0.3, 0.4) is 0 Å². The van der Waals surface area contributed by atoms with Crippen molar-refractivity contribution in [3.8, 4) is 0 Å². The van der Waals surface area contributed by atoms with Crippen molar-refractivity contribution < 1.29 is 13.9 Å². The van der Waals surface area contributed by atoms with Crippen molar-refractivity contribution >= 4 is 11.3 Å². The molecule has 0 saturated heterocycles. The Bertz CT molecular complexity index is 755. The van der Waals surface area contributed by atoms with Gasteiger partial charge in [0.25, 0.3) is 0 Å². The van der Waals surface area contributed by atoms with Crippen molar-refractivity contribution in [2.24, 2.45) is 17.8 Å². The van der Waals surface area contributed by atoms with Crippen LogP contribution in [0, 0.1) is 17.8 Å². The number of alkyl halides is 2. The van der Waals surface area contributed by atoms with Crippen molar-refractivity contribution in [3.05, 3.63) is 30.1 Å². The molecule has 5 heteroatoms. The number of halogens is 2. The van der Waals surface area contributed by atoms with Crippen LogP contribution >= 0.6 is 0 Å². The van der Waals surface area contributed by atoms with Gasteiger partial charge in [-0.2, -0.15) is 5.10 Å². The monoisotopic (exact) mass is 390 g/mol. The fraction of sp³-hybridized carbons (Fsp3) is 0.696. The lowest BCUT2D eigenvalue weighted by Crippen LogP contribution is -2.27. The predicted octanol–water partition coefficient (Wildman–Crippen LogP) is 5.87. The highest BCUT2D eigenvalue weighted by Crippen LogP contribution is 2.45. The number of aromatic nitrogens is 2.